The second-order valence-electron chi connectivity index (χ2n) is 9.88. The number of ether oxygens (including phenoxy) is 1. The second kappa shape index (κ2) is 8.51. The average Bonchev–Trinajstić information content (AvgIpc) is 3.23. The molecule has 1 aliphatic carbocycles. The number of fused-ring (bicyclic) bond motifs is 1. The van der Waals surface area contributed by atoms with Crippen molar-refractivity contribution >= 4 is 6.02 Å². The number of hydrogen-bond donors (Lipinski definition) is 1. The lowest BCUT2D eigenvalue weighted by atomic mass is 9.75. The van der Waals surface area contributed by atoms with E-state index < -0.39 is 0 Å². The van der Waals surface area contributed by atoms with E-state index in [1.54, 1.807) is 12.1 Å². The molecular weight excluding hydrogens is 401 g/mol. The van der Waals surface area contributed by atoms with Crippen molar-refractivity contribution in [3.05, 3.63) is 71.0 Å². The van der Waals surface area contributed by atoms with Crippen LogP contribution >= 0.6 is 0 Å². The van der Waals surface area contributed by atoms with Gasteiger partial charge in [0.15, 0.2) is 0 Å². The first-order valence-corrected chi connectivity index (χ1v) is 12.3. The van der Waals surface area contributed by atoms with Crippen molar-refractivity contribution in [2.45, 2.75) is 56.7 Å². The normalized spacial score (nSPS) is 30.3. The largest absolute Gasteiger partial charge is 0.459 e. The molecule has 6 rings (SSSR count). The van der Waals surface area contributed by atoms with Gasteiger partial charge in [0.25, 0.3) is 6.02 Å². The summed E-state index contributed by atoms with van der Waals surface area (Å²) in [5, 5.41) is 3.57. The molecule has 2 aromatic rings. The third-order valence-electron chi connectivity index (χ3n) is 7.98. The van der Waals surface area contributed by atoms with E-state index in [4.69, 9.17) is 9.73 Å². The van der Waals surface area contributed by atoms with Crippen LogP contribution in [0.3, 0.4) is 0 Å². The summed E-state index contributed by atoms with van der Waals surface area (Å²) in [7, 11) is 0. The van der Waals surface area contributed by atoms with Crippen LogP contribution in [0.15, 0.2) is 53.5 Å². The number of rotatable bonds is 3. The molecular formula is C27H32FN3O. The van der Waals surface area contributed by atoms with Crippen molar-refractivity contribution in [1.29, 1.82) is 0 Å². The molecule has 3 heterocycles. The molecule has 5 heteroatoms. The fourth-order valence-corrected chi connectivity index (χ4v) is 6.03. The van der Waals surface area contributed by atoms with Crippen molar-refractivity contribution in [2.75, 3.05) is 19.6 Å². The zero-order valence-electron chi connectivity index (χ0n) is 18.6. The fourth-order valence-electron chi connectivity index (χ4n) is 6.03. The fraction of sp³-hybridized carbons (Fsp3) is 0.519. The molecule has 1 saturated carbocycles. The molecule has 4 aliphatic rings. The lowest BCUT2D eigenvalue weighted by Gasteiger charge is -2.39. The Labute approximate surface area is 189 Å². The molecule has 0 spiro atoms. The van der Waals surface area contributed by atoms with E-state index in [0.717, 1.165) is 37.6 Å². The molecule has 4 atom stereocenters. The maximum Gasteiger partial charge on any atom is 0.288 e. The monoisotopic (exact) mass is 433 g/mol. The number of halogens is 1. The van der Waals surface area contributed by atoms with Crippen LogP contribution in [-0.2, 0) is 11.2 Å². The number of aliphatic imine (C=N–C) groups is 1. The second-order valence-corrected chi connectivity index (χ2v) is 9.88. The van der Waals surface area contributed by atoms with E-state index in [0.29, 0.717) is 11.8 Å². The summed E-state index contributed by atoms with van der Waals surface area (Å²) in [6.07, 6.45) is 7.43. The summed E-state index contributed by atoms with van der Waals surface area (Å²) in [5.41, 5.74) is 3.73. The highest BCUT2D eigenvalue weighted by atomic mass is 19.1. The summed E-state index contributed by atoms with van der Waals surface area (Å²) < 4.78 is 20.5. The van der Waals surface area contributed by atoms with E-state index in [1.165, 1.54) is 43.2 Å². The van der Waals surface area contributed by atoms with Crippen LogP contribution in [0.2, 0.25) is 0 Å². The lowest BCUT2D eigenvalue weighted by Crippen LogP contribution is -2.46. The maximum absolute atomic E-state index is 13.7. The Hall–Kier alpha value is -2.40. The molecule has 0 amide bonds. The molecule has 3 aliphatic heterocycles. The van der Waals surface area contributed by atoms with E-state index >= 15 is 0 Å². The molecule has 1 saturated heterocycles. The Morgan fingerprint density at radius 3 is 2.53 bits per heavy atom. The predicted molar refractivity (Wildman–Crippen MR) is 124 cm³/mol. The van der Waals surface area contributed by atoms with Gasteiger partial charge in [0.1, 0.15) is 11.9 Å². The number of nitrogens with one attached hydrogen (secondary N) is 1. The first-order chi connectivity index (χ1) is 15.8. The smallest absolute Gasteiger partial charge is 0.288 e. The Kier molecular flexibility index (Phi) is 5.38. The van der Waals surface area contributed by atoms with Gasteiger partial charge in [-0.2, -0.15) is 0 Å². The Bertz CT molecular complexity index is 981. The van der Waals surface area contributed by atoms with Crippen LogP contribution < -0.4 is 5.32 Å². The third kappa shape index (κ3) is 3.61. The van der Waals surface area contributed by atoms with Crippen molar-refractivity contribution < 1.29 is 9.13 Å². The number of piperidine rings is 1. The van der Waals surface area contributed by atoms with Crippen LogP contribution in [-0.4, -0.2) is 42.7 Å². The van der Waals surface area contributed by atoms with Gasteiger partial charge in [-0.15, -0.1) is 0 Å². The van der Waals surface area contributed by atoms with Gasteiger partial charge >= 0.3 is 0 Å². The van der Waals surface area contributed by atoms with Gasteiger partial charge in [-0.05, 0) is 73.4 Å². The standard InChI is InChI=1S/C27H32FN3O/c28-22-12-10-20(11-13-22)25-23-9-2-1-5-18(23)14-16-31(25)27-30-24(19-6-3-7-19)26(32-27)21-8-4-15-29-17-21/h1-2,5,9-13,19,21,24-26,29H,3-4,6-8,14-17H2/t21-,24?,25+,26-/m1/s1. The van der Waals surface area contributed by atoms with Crippen LogP contribution in [0, 0.1) is 17.7 Å². The van der Waals surface area contributed by atoms with Gasteiger partial charge in [-0.25, -0.2) is 9.38 Å². The summed E-state index contributed by atoms with van der Waals surface area (Å²) in [6.45, 7) is 3.01. The van der Waals surface area contributed by atoms with E-state index in [2.05, 4.69) is 34.5 Å². The van der Waals surface area contributed by atoms with Gasteiger partial charge in [0.2, 0.25) is 0 Å². The highest BCUT2D eigenvalue weighted by Gasteiger charge is 2.46. The first kappa shape index (κ1) is 20.2. The topological polar surface area (TPSA) is 36.9 Å². The number of amidine groups is 1. The van der Waals surface area contributed by atoms with E-state index in [9.17, 15) is 4.39 Å². The molecule has 2 aromatic carbocycles. The summed E-state index contributed by atoms with van der Waals surface area (Å²) in [5.74, 6) is 0.978. The van der Waals surface area contributed by atoms with Gasteiger partial charge in [0, 0.05) is 19.0 Å². The van der Waals surface area contributed by atoms with Crippen LogP contribution in [0.25, 0.3) is 0 Å². The van der Waals surface area contributed by atoms with Crippen LogP contribution in [0.5, 0.6) is 0 Å². The Morgan fingerprint density at radius 2 is 1.78 bits per heavy atom. The van der Waals surface area contributed by atoms with E-state index in [1.807, 2.05) is 12.1 Å². The summed E-state index contributed by atoms with van der Waals surface area (Å²) >= 11 is 0. The molecule has 0 bridgehead atoms. The van der Waals surface area contributed by atoms with Gasteiger partial charge < -0.3 is 15.0 Å². The lowest BCUT2D eigenvalue weighted by molar-refractivity contribution is 0.0559. The number of benzene rings is 2. The average molecular weight is 434 g/mol. The molecule has 1 N–H and O–H groups in total. The first-order valence-electron chi connectivity index (χ1n) is 12.3. The molecule has 0 aromatic heterocycles. The maximum atomic E-state index is 13.7. The summed E-state index contributed by atoms with van der Waals surface area (Å²) in [6, 6.07) is 16.7. The summed E-state index contributed by atoms with van der Waals surface area (Å²) in [4.78, 5) is 7.62. The molecule has 32 heavy (non-hydrogen) atoms. The minimum atomic E-state index is -0.200. The number of hydrogen-bond acceptors (Lipinski definition) is 4. The minimum absolute atomic E-state index is 0.00423. The predicted octanol–water partition coefficient (Wildman–Crippen LogP) is 4.70. The number of nitrogens with zero attached hydrogens (tertiary/aromatic N) is 2. The molecule has 4 nitrogen and oxygen atoms in total. The molecule has 2 fully saturated rings. The van der Waals surface area contributed by atoms with Crippen molar-refractivity contribution in [1.82, 2.24) is 10.2 Å². The molecule has 168 valence electrons. The van der Waals surface area contributed by atoms with E-state index in [-0.39, 0.29) is 24.0 Å². The van der Waals surface area contributed by atoms with Crippen LogP contribution in [0.4, 0.5) is 4.39 Å². The Morgan fingerprint density at radius 1 is 0.969 bits per heavy atom. The highest BCUT2D eigenvalue weighted by molar-refractivity contribution is 5.78. The van der Waals surface area contributed by atoms with Gasteiger partial charge in [-0.3, -0.25) is 0 Å². The van der Waals surface area contributed by atoms with Crippen LogP contribution in [0.1, 0.15) is 54.8 Å². The SMILES string of the molecule is Fc1ccc([C@H]2c3ccccc3CCN2C2=NC(C3CCC3)[C@@H]([C@@H]3CCCNC3)O2)cc1. The van der Waals surface area contributed by atoms with Crippen molar-refractivity contribution in [2.24, 2.45) is 16.8 Å². The van der Waals surface area contributed by atoms with Gasteiger partial charge in [-0.1, -0.05) is 42.8 Å². The van der Waals surface area contributed by atoms with Crippen molar-refractivity contribution in [3.8, 4) is 0 Å². The third-order valence-corrected chi connectivity index (χ3v) is 7.98. The Balaban J connectivity index is 1.35. The molecule has 1 unspecified atom stereocenters. The quantitative estimate of drug-likeness (QED) is 0.763. The minimum Gasteiger partial charge on any atom is -0.459 e. The van der Waals surface area contributed by atoms with Gasteiger partial charge in [0.05, 0.1) is 12.1 Å². The molecule has 0 radical (unpaired) electrons. The zero-order chi connectivity index (χ0) is 21.5. The zero-order valence-corrected chi connectivity index (χ0v) is 18.6. The highest BCUT2D eigenvalue weighted by Crippen LogP contribution is 2.42. The van der Waals surface area contributed by atoms with Crippen molar-refractivity contribution in [3.63, 3.8) is 0 Å².